The first-order valence-electron chi connectivity index (χ1n) is 8.82. The average Bonchev–Trinajstić information content (AvgIpc) is 3.41. The highest BCUT2D eigenvalue weighted by atomic mass is 35.5. The Hall–Kier alpha value is -2.56. The molecule has 0 saturated heterocycles. The summed E-state index contributed by atoms with van der Waals surface area (Å²) < 4.78 is 49.2. The maximum Gasteiger partial charge on any atom is 0.416 e. The topological polar surface area (TPSA) is 61.0 Å². The molecule has 2 aromatic carbocycles. The van der Waals surface area contributed by atoms with Crippen molar-refractivity contribution in [3.8, 4) is 16.3 Å². The molecule has 2 heterocycles. The van der Waals surface area contributed by atoms with Gasteiger partial charge in [-0.05, 0) is 36.4 Å². The van der Waals surface area contributed by atoms with E-state index in [0.717, 1.165) is 17.8 Å². The van der Waals surface area contributed by atoms with E-state index in [-0.39, 0.29) is 6.61 Å². The van der Waals surface area contributed by atoms with E-state index in [4.69, 9.17) is 20.8 Å². The maximum atomic E-state index is 12.7. The summed E-state index contributed by atoms with van der Waals surface area (Å²) in [6, 6.07) is 11.9. The fourth-order valence-electron chi connectivity index (χ4n) is 2.47. The summed E-state index contributed by atoms with van der Waals surface area (Å²) in [5.41, 5.74) is 0.714. The van der Waals surface area contributed by atoms with Gasteiger partial charge in [0.25, 0.3) is 11.1 Å². The minimum atomic E-state index is -4.36. The van der Waals surface area contributed by atoms with E-state index in [1.165, 1.54) is 35.2 Å². The molecular weight excluding hydrogens is 471 g/mol. The Morgan fingerprint density at radius 3 is 2.48 bits per heavy atom. The number of alkyl halides is 3. The lowest BCUT2D eigenvalue weighted by atomic mass is 10.1. The normalized spacial score (nSPS) is 11.6. The van der Waals surface area contributed by atoms with E-state index in [1.807, 2.05) is 5.38 Å². The second-order valence-electron chi connectivity index (χ2n) is 6.21. The third-order valence-electron chi connectivity index (χ3n) is 3.98. The van der Waals surface area contributed by atoms with Crippen LogP contribution in [0.1, 0.15) is 17.1 Å². The van der Waals surface area contributed by atoms with Gasteiger partial charge in [0, 0.05) is 21.7 Å². The number of hydrogen-bond acceptors (Lipinski definition) is 7. The molecule has 31 heavy (non-hydrogen) atoms. The minimum absolute atomic E-state index is 0.129. The highest BCUT2D eigenvalue weighted by Gasteiger charge is 2.30. The van der Waals surface area contributed by atoms with Crippen LogP contribution in [-0.4, -0.2) is 15.2 Å². The summed E-state index contributed by atoms with van der Waals surface area (Å²) in [6.45, 7) is 0.129. The third-order valence-corrected chi connectivity index (χ3v) is 6.02. The first kappa shape index (κ1) is 21.7. The molecule has 0 aliphatic rings. The number of halogens is 4. The van der Waals surface area contributed by atoms with E-state index < -0.39 is 11.7 Å². The van der Waals surface area contributed by atoms with E-state index in [1.54, 1.807) is 24.3 Å². The molecule has 0 spiro atoms. The van der Waals surface area contributed by atoms with Gasteiger partial charge in [-0.2, -0.15) is 13.2 Å². The number of hydrogen-bond donors (Lipinski definition) is 0. The minimum Gasteiger partial charge on any atom is -0.484 e. The van der Waals surface area contributed by atoms with Crippen LogP contribution in [0.15, 0.2) is 63.6 Å². The fraction of sp³-hybridized carbons (Fsp3) is 0.150. The fourth-order valence-corrected chi connectivity index (χ4v) is 4.20. The van der Waals surface area contributed by atoms with Crippen LogP contribution in [0.3, 0.4) is 0 Å². The van der Waals surface area contributed by atoms with Gasteiger partial charge in [-0.15, -0.1) is 21.5 Å². The summed E-state index contributed by atoms with van der Waals surface area (Å²) >= 11 is 8.51. The molecule has 0 unspecified atom stereocenters. The summed E-state index contributed by atoms with van der Waals surface area (Å²) in [5, 5.41) is 11.4. The Morgan fingerprint density at radius 1 is 1.03 bits per heavy atom. The molecule has 4 aromatic rings. The molecule has 11 heteroatoms. The Labute approximate surface area is 188 Å². The largest absolute Gasteiger partial charge is 0.484 e. The zero-order valence-electron chi connectivity index (χ0n) is 15.6. The second-order valence-corrected chi connectivity index (χ2v) is 8.43. The second kappa shape index (κ2) is 9.29. The SMILES string of the molecule is FC(F)(F)c1ccc(-c2nc(CSc3nnc(COc4ccc(Cl)cc4)o3)cs2)cc1. The van der Waals surface area contributed by atoms with Crippen molar-refractivity contribution in [3.63, 3.8) is 0 Å². The Bertz CT molecular complexity index is 1150. The van der Waals surface area contributed by atoms with E-state index in [2.05, 4.69) is 15.2 Å². The van der Waals surface area contributed by atoms with Crippen molar-refractivity contribution >= 4 is 34.7 Å². The molecule has 2 aromatic heterocycles. The van der Waals surface area contributed by atoms with Crippen LogP contribution >= 0.6 is 34.7 Å². The van der Waals surface area contributed by atoms with Crippen molar-refractivity contribution in [1.82, 2.24) is 15.2 Å². The zero-order chi connectivity index (χ0) is 21.8. The van der Waals surface area contributed by atoms with Crippen molar-refractivity contribution in [1.29, 1.82) is 0 Å². The van der Waals surface area contributed by atoms with E-state index >= 15 is 0 Å². The molecule has 0 fully saturated rings. The van der Waals surface area contributed by atoms with Crippen molar-refractivity contribution in [2.75, 3.05) is 0 Å². The molecule has 0 radical (unpaired) electrons. The quantitative estimate of drug-likeness (QED) is 0.271. The summed E-state index contributed by atoms with van der Waals surface area (Å²) in [5.74, 6) is 1.45. The highest BCUT2D eigenvalue weighted by Crippen LogP contribution is 2.32. The average molecular weight is 484 g/mol. The lowest BCUT2D eigenvalue weighted by Gasteiger charge is -2.06. The molecule has 0 saturated carbocycles. The van der Waals surface area contributed by atoms with Gasteiger partial charge < -0.3 is 9.15 Å². The predicted molar refractivity (Wildman–Crippen MR) is 112 cm³/mol. The van der Waals surface area contributed by atoms with Gasteiger partial charge in [0.1, 0.15) is 10.8 Å². The number of rotatable bonds is 7. The monoisotopic (exact) mass is 483 g/mol. The standard InChI is InChI=1S/C20H13ClF3N3O2S2/c21-14-5-7-16(8-6-14)28-9-17-26-27-19(29-17)31-11-15-10-30-18(25-15)12-1-3-13(4-2-12)20(22,23)24/h1-8,10H,9,11H2. The smallest absolute Gasteiger partial charge is 0.416 e. The number of ether oxygens (including phenoxy) is 1. The summed E-state index contributed by atoms with van der Waals surface area (Å²) in [7, 11) is 0. The predicted octanol–water partition coefficient (Wildman–Crippen LogP) is 6.74. The van der Waals surface area contributed by atoms with Crippen molar-refractivity contribution in [2.24, 2.45) is 0 Å². The number of nitrogens with zero attached hydrogens (tertiary/aromatic N) is 3. The highest BCUT2D eigenvalue weighted by molar-refractivity contribution is 7.98. The van der Waals surface area contributed by atoms with Gasteiger partial charge in [0.15, 0.2) is 6.61 Å². The molecule has 0 atom stereocenters. The molecular formula is C20H13ClF3N3O2S2. The van der Waals surface area contributed by atoms with Crippen LogP contribution in [0.25, 0.3) is 10.6 Å². The molecule has 5 nitrogen and oxygen atoms in total. The maximum absolute atomic E-state index is 12.7. The van der Waals surface area contributed by atoms with Gasteiger partial charge in [0.2, 0.25) is 0 Å². The van der Waals surface area contributed by atoms with Crippen molar-refractivity contribution in [3.05, 3.63) is 76.1 Å². The molecule has 0 aliphatic carbocycles. The van der Waals surface area contributed by atoms with Gasteiger partial charge >= 0.3 is 6.18 Å². The first-order valence-corrected chi connectivity index (χ1v) is 11.1. The van der Waals surface area contributed by atoms with Crippen LogP contribution in [0.4, 0.5) is 13.2 Å². The van der Waals surface area contributed by atoms with Crippen LogP contribution < -0.4 is 4.74 Å². The summed E-state index contributed by atoms with van der Waals surface area (Å²) in [6.07, 6.45) is -4.36. The van der Waals surface area contributed by atoms with Crippen molar-refractivity contribution in [2.45, 2.75) is 23.8 Å². The zero-order valence-corrected chi connectivity index (χ0v) is 18.0. The molecule has 0 amide bonds. The van der Waals surface area contributed by atoms with Crippen LogP contribution in [-0.2, 0) is 18.5 Å². The molecule has 4 rings (SSSR count). The molecule has 0 N–H and O–H groups in total. The van der Waals surface area contributed by atoms with Crippen LogP contribution in [0.5, 0.6) is 5.75 Å². The lowest BCUT2D eigenvalue weighted by Crippen LogP contribution is -2.03. The Balaban J connectivity index is 1.31. The van der Waals surface area contributed by atoms with Gasteiger partial charge in [-0.1, -0.05) is 35.5 Å². The molecule has 0 bridgehead atoms. The van der Waals surface area contributed by atoms with Crippen LogP contribution in [0.2, 0.25) is 5.02 Å². The van der Waals surface area contributed by atoms with Gasteiger partial charge in [-0.3, -0.25) is 0 Å². The first-order chi connectivity index (χ1) is 14.9. The third kappa shape index (κ3) is 5.78. The number of aromatic nitrogens is 3. The number of thiazole rings is 1. The number of thioether (sulfide) groups is 1. The lowest BCUT2D eigenvalue weighted by molar-refractivity contribution is -0.137. The molecule has 0 aliphatic heterocycles. The van der Waals surface area contributed by atoms with Crippen LogP contribution in [0, 0.1) is 0 Å². The number of benzene rings is 2. The van der Waals surface area contributed by atoms with Gasteiger partial charge in [0.05, 0.1) is 11.3 Å². The van der Waals surface area contributed by atoms with E-state index in [0.29, 0.717) is 38.2 Å². The molecule has 160 valence electrons. The van der Waals surface area contributed by atoms with Gasteiger partial charge in [-0.25, -0.2) is 4.98 Å². The van der Waals surface area contributed by atoms with E-state index in [9.17, 15) is 13.2 Å². The summed E-state index contributed by atoms with van der Waals surface area (Å²) in [4.78, 5) is 4.47. The Morgan fingerprint density at radius 2 is 1.77 bits per heavy atom. The Kier molecular flexibility index (Phi) is 6.49. The van der Waals surface area contributed by atoms with Crippen molar-refractivity contribution < 1.29 is 22.3 Å².